The number of fused-ring (bicyclic) bond motifs is 1. The van der Waals surface area contributed by atoms with Crippen LogP contribution in [-0.2, 0) is 0 Å². The lowest BCUT2D eigenvalue weighted by Gasteiger charge is -2.02. The quantitative estimate of drug-likeness (QED) is 0.676. The van der Waals surface area contributed by atoms with E-state index in [9.17, 15) is 4.79 Å². The Morgan fingerprint density at radius 1 is 1.14 bits per heavy atom. The molecule has 0 bridgehead atoms. The van der Waals surface area contributed by atoms with E-state index in [4.69, 9.17) is 9.15 Å². The summed E-state index contributed by atoms with van der Waals surface area (Å²) in [4.78, 5) is 12.2. The lowest BCUT2D eigenvalue weighted by atomic mass is 10.2. The molecule has 0 unspecified atom stereocenters. The van der Waals surface area contributed by atoms with Crippen LogP contribution in [0.2, 0.25) is 0 Å². The molecular weight excluding hydrogens is 381 g/mol. The van der Waals surface area contributed by atoms with Crippen molar-refractivity contribution in [1.29, 1.82) is 0 Å². The molecule has 1 amide bonds. The van der Waals surface area contributed by atoms with E-state index in [-0.39, 0.29) is 11.7 Å². The highest BCUT2D eigenvalue weighted by molar-refractivity contribution is 14.1. The van der Waals surface area contributed by atoms with Gasteiger partial charge in [0.05, 0.1) is 7.11 Å². The minimum absolute atomic E-state index is 0.272. The topological polar surface area (TPSA) is 51.5 Å². The van der Waals surface area contributed by atoms with Gasteiger partial charge in [0.2, 0.25) is 0 Å². The zero-order valence-corrected chi connectivity index (χ0v) is 13.4. The third kappa shape index (κ3) is 3.02. The number of amides is 1. The SMILES string of the molecule is COc1ccc2oc(C(=O)Nc3ccc(I)cc3)cc2c1. The number of furan rings is 1. The molecular formula is C16H12INO3. The second kappa shape index (κ2) is 5.77. The van der Waals surface area contributed by atoms with Crippen LogP contribution in [0.3, 0.4) is 0 Å². The Labute approximate surface area is 135 Å². The summed E-state index contributed by atoms with van der Waals surface area (Å²) in [6.45, 7) is 0. The molecule has 0 aliphatic carbocycles. The molecule has 5 heteroatoms. The predicted octanol–water partition coefficient (Wildman–Crippen LogP) is 4.30. The second-order valence-electron chi connectivity index (χ2n) is 4.48. The maximum atomic E-state index is 12.2. The second-order valence-corrected chi connectivity index (χ2v) is 5.72. The van der Waals surface area contributed by atoms with E-state index in [0.29, 0.717) is 5.58 Å². The van der Waals surface area contributed by atoms with Gasteiger partial charge in [0.15, 0.2) is 5.76 Å². The van der Waals surface area contributed by atoms with Gasteiger partial charge in [0, 0.05) is 14.6 Å². The van der Waals surface area contributed by atoms with Crippen LogP contribution < -0.4 is 10.1 Å². The summed E-state index contributed by atoms with van der Waals surface area (Å²) in [5.41, 5.74) is 1.39. The van der Waals surface area contributed by atoms with Gasteiger partial charge in [-0.1, -0.05) is 0 Å². The summed E-state index contributed by atoms with van der Waals surface area (Å²) in [7, 11) is 1.60. The fourth-order valence-corrected chi connectivity index (χ4v) is 2.35. The van der Waals surface area contributed by atoms with E-state index >= 15 is 0 Å². The lowest BCUT2D eigenvalue weighted by molar-refractivity contribution is 0.0998. The summed E-state index contributed by atoms with van der Waals surface area (Å²) in [6, 6.07) is 14.7. The first-order valence-electron chi connectivity index (χ1n) is 6.30. The van der Waals surface area contributed by atoms with Crippen molar-refractivity contribution in [3.8, 4) is 5.75 Å². The van der Waals surface area contributed by atoms with Gasteiger partial charge in [0.1, 0.15) is 11.3 Å². The number of rotatable bonds is 3. The van der Waals surface area contributed by atoms with E-state index in [2.05, 4.69) is 27.9 Å². The summed E-state index contributed by atoms with van der Waals surface area (Å²) < 4.78 is 11.8. The van der Waals surface area contributed by atoms with Crippen LogP contribution in [0.1, 0.15) is 10.6 Å². The molecule has 3 rings (SSSR count). The normalized spacial score (nSPS) is 10.6. The monoisotopic (exact) mass is 393 g/mol. The van der Waals surface area contributed by atoms with Crippen molar-refractivity contribution in [3.05, 3.63) is 57.9 Å². The van der Waals surface area contributed by atoms with Crippen molar-refractivity contribution >= 4 is 45.2 Å². The highest BCUT2D eigenvalue weighted by Gasteiger charge is 2.13. The Balaban J connectivity index is 1.85. The molecule has 1 aromatic heterocycles. The minimum atomic E-state index is -0.272. The number of carbonyl (C=O) groups is 1. The molecule has 0 saturated carbocycles. The van der Waals surface area contributed by atoms with Crippen LogP contribution in [0.5, 0.6) is 5.75 Å². The number of halogens is 1. The van der Waals surface area contributed by atoms with Crippen molar-refractivity contribution in [2.45, 2.75) is 0 Å². The first-order valence-corrected chi connectivity index (χ1v) is 7.38. The maximum Gasteiger partial charge on any atom is 0.291 e. The van der Waals surface area contributed by atoms with Gasteiger partial charge >= 0.3 is 0 Å². The Morgan fingerprint density at radius 3 is 2.62 bits per heavy atom. The molecule has 0 spiro atoms. The highest BCUT2D eigenvalue weighted by atomic mass is 127. The Bertz CT molecular complexity index is 793. The molecule has 106 valence electrons. The highest BCUT2D eigenvalue weighted by Crippen LogP contribution is 2.24. The predicted molar refractivity (Wildman–Crippen MR) is 89.9 cm³/mol. The summed E-state index contributed by atoms with van der Waals surface area (Å²) >= 11 is 2.21. The third-order valence-electron chi connectivity index (χ3n) is 3.05. The van der Waals surface area contributed by atoms with Crippen molar-refractivity contribution in [3.63, 3.8) is 0 Å². The molecule has 0 atom stereocenters. The zero-order valence-electron chi connectivity index (χ0n) is 11.2. The summed E-state index contributed by atoms with van der Waals surface area (Å²) in [5, 5.41) is 3.64. The number of hydrogen-bond acceptors (Lipinski definition) is 3. The smallest absolute Gasteiger partial charge is 0.291 e. The molecule has 0 saturated heterocycles. The van der Waals surface area contributed by atoms with E-state index < -0.39 is 0 Å². The minimum Gasteiger partial charge on any atom is -0.497 e. The van der Waals surface area contributed by atoms with Gasteiger partial charge in [-0.3, -0.25) is 4.79 Å². The maximum absolute atomic E-state index is 12.2. The van der Waals surface area contributed by atoms with Gasteiger partial charge in [-0.05, 0) is 71.1 Å². The summed E-state index contributed by atoms with van der Waals surface area (Å²) in [6.07, 6.45) is 0. The Kier molecular flexibility index (Phi) is 3.83. The van der Waals surface area contributed by atoms with Gasteiger partial charge < -0.3 is 14.5 Å². The molecule has 2 aromatic carbocycles. The molecule has 0 aliphatic heterocycles. The molecule has 0 aliphatic rings. The average molecular weight is 393 g/mol. The lowest BCUT2D eigenvalue weighted by Crippen LogP contribution is -2.10. The number of ether oxygens (including phenoxy) is 1. The Morgan fingerprint density at radius 2 is 1.90 bits per heavy atom. The number of carbonyl (C=O) groups excluding carboxylic acids is 1. The van der Waals surface area contributed by atoms with Crippen molar-refractivity contribution < 1.29 is 13.9 Å². The average Bonchev–Trinajstić information content (AvgIpc) is 2.92. The van der Waals surface area contributed by atoms with Gasteiger partial charge in [-0.15, -0.1) is 0 Å². The summed E-state index contributed by atoms with van der Waals surface area (Å²) in [5.74, 6) is 0.732. The number of methoxy groups -OCH3 is 1. The number of benzene rings is 2. The van der Waals surface area contributed by atoms with E-state index in [1.165, 1.54) is 0 Å². The van der Waals surface area contributed by atoms with E-state index in [1.54, 1.807) is 25.3 Å². The molecule has 0 radical (unpaired) electrons. The van der Waals surface area contributed by atoms with Crippen LogP contribution in [0.4, 0.5) is 5.69 Å². The van der Waals surface area contributed by atoms with Crippen molar-refractivity contribution in [2.24, 2.45) is 0 Å². The Hall–Kier alpha value is -2.02. The fraction of sp³-hybridized carbons (Fsp3) is 0.0625. The first kappa shape index (κ1) is 13.9. The molecule has 4 nitrogen and oxygen atoms in total. The standard InChI is InChI=1S/C16H12INO3/c1-20-13-6-7-14-10(8-13)9-15(21-14)16(19)18-12-4-2-11(17)3-5-12/h2-9H,1H3,(H,18,19). The third-order valence-corrected chi connectivity index (χ3v) is 3.77. The number of hydrogen-bond donors (Lipinski definition) is 1. The number of anilines is 1. The van der Waals surface area contributed by atoms with Crippen LogP contribution >= 0.6 is 22.6 Å². The number of nitrogens with one attached hydrogen (secondary N) is 1. The zero-order chi connectivity index (χ0) is 14.8. The van der Waals surface area contributed by atoms with Crippen LogP contribution in [0.25, 0.3) is 11.0 Å². The molecule has 1 N–H and O–H groups in total. The van der Waals surface area contributed by atoms with E-state index in [0.717, 1.165) is 20.4 Å². The molecule has 1 heterocycles. The van der Waals surface area contributed by atoms with Crippen LogP contribution in [0, 0.1) is 3.57 Å². The van der Waals surface area contributed by atoms with Crippen molar-refractivity contribution in [2.75, 3.05) is 12.4 Å². The van der Waals surface area contributed by atoms with Gasteiger partial charge in [-0.2, -0.15) is 0 Å². The van der Waals surface area contributed by atoms with Crippen LogP contribution in [0.15, 0.2) is 52.9 Å². The first-order chi connectivity index (χ1) is 10.2. The largest absolute Gasteiger partial charge is 0.497 e. The van der Waals surface area contributed by atoms with E-state index in [1.807, 2.05) is 30.3 Å². The van der Waals surface area contributed by atoms with Crippen LogP contribution in [-0.4, -0.2) is 13.0 Å². The van der Waals surface area contributed by atoms with Gasteiger partial charge in [-0.25, -0.2) is 0 Å². The fourth-order valence-electron chi connectivity index (χ4n) is 1.99. The molecule has 0 fully saturated rings. The van der Waals surface area contributed by atoms with Crippen molar-refractivity contribution in [1.82, 2.24) is 0 Å². The molecule has 3 aromatic rings. The molecule has 21 heavy (non-hydrogen) atoms. The van der Waals surface area contributed by atoms with Gasteiger partial charge in [0.25, 0.3) is 5.91 Å².